The van der Waals surface area contributed by atoms with Gasteiger partial charge in [0.05, 0.1) is 11.8 Å². The number of amides is 2. The summed E-state index contributed by atoms with van der Waals surface area (Å²) in [7, 11) is 0. The van der Waals surface area contributed by atoms with Gasteiger partial charge < -0.3 is 10.6 Å². The van der Waals surface area contributed by atoms with Gasteiger partial charge in [-0.1, -0.05) is 45.0 Å². The number of benzene rings is 3. The van der Waals surface area contributed by atoms with Crippen LogP contribution in [-0.2, 0) is 21.4 Å². The van der Waals surface area contributed by atoms with Crippen molar-refractivity contribution in [1.29, 1.82) is 0 Å². The van der Waals surface area contributed by atoms with Crippen LogP contribution in [0.2, 0.25) is 0 Å². The van der Waals surface area contributed by atoms with Crippen LogP contribution in [0.4, 0.5) is 24.5 Å². The zero-order valence-electron chi connectivity index (χ0n) is 21.0. The highest BCUT2D eigenvalue weighted by Crippen LogP contribution is 2.28. The maximum atomic E-state index is 13.9. The summed E-state index contributed by atoms with van der Waals surface area (Å²) in [6.45, 7) is 9.27. The van der Waals surface area contributed by atoms with Gasteiger partial charge in [0.1, 0.15) is 11.5 Å². The van der Waals surface area contributed by atoms with Crippen molar-refractivity contribution in [3.8, 4) is 0 Å². The Kier molecular flexibility index (Phi) is 10.6. The van der Waals surface area contributed by atoms with Crippen LogP contribution in [0.1, 0.15) is 45.7 Å². The number of carbonyl (C=O) groups excluding carboxylic acids is 2. The molecule has 0 aliphatic heterocycles. The molecule has 2 N–H and O–H groups in total. The Morgan fingerprint density at radius 3 is 1.94 bits per heavy atom. The van der Waals surface area contributed by atoms with E-state index in [1.165, 1.54) is 0 Å². The largest absolute Gasteiger partial charge is 0.326 e. The van der Waals surface area contributed by atoms with Gasteiger partial charge in [0.15, 0.2) is 11.6 Å². The lowest BCUT2D eigenvalue weighted by molar-refractivity contribution is -0.120. The molecular weight excluding hydrogens is 485 g/mol. The maximum Gasteiger partial charge on any atom is 0.234 e. The van der Waals surface area contributed by atoms with Crippen molar-refractivity contribution in [1.82, 2.24) is 0 Å². The molecule has 192 valence electrons. The molecule has 0 radical (unpaired) electrons. The molecule has 4 nitrogen and oxygen atoms in total. The van der Waals surface area contributed by atoms with Crippen LogP contribution in [0.15, 0.2) is 65.6 Å². The Morgan fingerprint density at radius 1 is 0.861 bits per heavy atom. The van der Waals surface area contributed by atoms with Gasteiger partial charge in [0.25, 0.3) is 0 Å². The highest BCUT2D eigenvalue weighted by Gasteiger charge is 2.31. The molecule has 3 rings (SSSR count). The molecular formula is C28H31F3N2O2S. The number of halogens is 3. The van der Waals surface area contributed by atoms with Crippen molar-refractivity contribution < 1.29 is 22.8 Å². The van der Waals surface area contributed by atoms with Crippen molar-refractivity contribution in [3.05, 3.63) is 89.2 Å². The number of rotatable bonds is 8. The van der Waals surface area contributed by atoms with Gasteiger partial charge >= 0.3 is 0 Å². The van der Waals surface area contributed by atoms with Crippen LogP contribution >= 0.6 is 11.8 Å². The average Bonchev–Trinajstić information content (AvgIpc) is 2.84. The summed E-state index contributed by atoms with van der Waals surface area (Å²) < 4.78 is 40.9. The molecule has 3 aromatic rings. The molecule has 0 saturated carbocycles. The molecule has 0 spiro atoms. The quantitative estimate of drug-likeness (QED) is 0.308. The Balaban J connectivity index is 0.00000222. The van der Waals surface area contributed by atoms with Crippen LogP contribution in [0, 0.1) is 17.5 Å². The molecule has 3 aromatic carbocycles. The van der Waals surface area contributed by atoms with Crippen molar-refractivity contribution in [3.63, 3.8) is 0 Å². The van der Waals surface area contributed by atoms with Crippen LogP contribution in [0.25, 0.3) is 0 Å². The van der Waals surface area contributed by atoms with Gasteiger partial charge in [-0.25, -0.2) is 13.2 Å². The van der Waals surface area contributed by atoms with E-state index in [0.29, 0.717) is 23.4 Å². The summed E-state index contributed by atoms with van der Waals surface area (Å²) in [4.78, 5) is 26.3. The molecule has 0 aliphatic carbocycles. The molecule has 2 amide bonds. The highest BCUT2D eigenvalue weighted by atomic mass is 32.2. The fourth-order valence-electron chi connectivity index (χ4n) is 3.29. The summed E-state index contributed by atoms with van der Waals surface area (Å²) in [5.74, 6) is -3.33. The Morgan fingerprint density at radius 2 is 1.42 bits per heavy atom. The van der Waals surface area contributed by atoms with E-state index in [2.05, 4.69) is 17.6 Å². The van der Waals surface area contributed by atoms with Crippen LogP contribution in [0.5, 0.6) is 0 Å². The third kappa shape index (κ3) is 7.62. The second-order valence-corrected chi connectivity index (χ2v) is 9.54. The summed E-state index contributed by atoms with van der Waals surface area (Å²) in [6.07, 6.45) is 0.224. The van der Waals surface area contributed by atoms with Gasteiger partial charge in [-0.2, -0.15) is 0 Å². The van der Waals surface area contributed by atoms with Crippen LogP contribution in [0.3, 0.4) is 0 Å². The first-order valence-corrected chi connectivity index (χ1v) is 12.7. The van der Waals surface area contributed by atoms with E-state index in [1.807, 2.05) is 38.1 Å². The first-order valence-electron chi connectivity index (χ1n) is 11.7. The Hall–Kier alpha value is -3.26. The zero-order chi connectivity index (χ0) is 26.9. The van der Waals surface area contributed by atoms with E-state index < -0.39 is 34.5 Å². The summed E-state index contributed by atoms with van der Waals surface area (Å²) in [5, 5.41) is 5.02. The number of thioether (sulfide) groups is 1. The molecule has 8 heteroatoms. The first-order chi connectivity index (χ1) is 17.1. The van der Waals surface area contributed by atoms with E-state index >= 15 is 0 Å². The molecule has 0 unspecified atom stereocenters. The van der Waals surface area contributed by atoms with Gasteiger partial charge in [0.2, 0.25) is 11.8 Å². The minimum atomic E-state index is -1.20. The standard InChI is InChI=1S/C26H25F3N2O2S.C2H6/c1-4-34-20-11-5-16(6-12-20)13-23(32)30-19-9-7-17(8-10-19)26(2,3)25(33)31-24-21(28)14-18(27)15-22(24)29;1-2/h5-12,14-15H,4,13H2,1-3H3,(H,30,32)(H,31,33);1-2H3. The minimum absolute atomic E-state index is 0.178. The summed E-state index contributed by atoms with van der Waals surface area (Å²) in [6, 6.07) is 15.5. The molecule has 0 heterocycles. The summed E-state index contributed by atoms with van der Waals surface area (Å²) in [5.41, 5.74) is 0.152. The number of anilines is 2. The summed E-state index contributed by atoms with van der Waals surface area (Å²) >= 11 is 1.73. The van der Waals surface area contributed by atoms with Gasteiger partial charge in [-0.05, 0) is 55.0 Å². The predicted molar refractivity (Wildman–Crippen MR) is 141 cm³/mol. The van der Waals surface area contributed by atoms with Gasteiger partial charge in [-0.3, -0.25) is 9.59 Å². The fourth-order valence-corrected chi connectivity index (χ4v) is 3.96. The molecule has 0 saturated heterocycles. The molecule has 0 bridgehead atoms. The maximum absolute atomic E-state index is 13.9. The van der Waals surface area contributed by atoms with Gasteiger partial charge in [0, 0.05) is 22.7 Å². The zero-order valence-corrected chi connectivity index (χ0v) is 21.9. The first kappa shape index (κ1) is 29.0. The number of carbonyl (C=O) groups is 2. The second-order valence-electron chi connectivity index (χ2n) is 8.20. The smallest absolute Gasteiger partial charge is 0.234 e. The molecule has 0 aliphatic rings. The highest BCUT2D eigenvalue weighted by molar-refractivity contribution is 7.99. The van der Waals surface area contributed by atoms with Gasteiger partial charge in [-0.15, -0.1) is 11.8 Å². The van der Waals surface area contributed by atoms with E-state index in [1.54, 1.807) is 49.9 Å². The molecule has 0 atom stereocenters. The van der Waals surface area contributed by atoms with E-state index in [0.717, 1.165) is 16.2 Å². The van der Waals surface area contributed by atoms with Crippen LogP contribution in [-0.4, -0.2) is 17.6 Å². The third-order valence-electron chi connectivity index (χ3n) is 5.30. The lowest BCUT2D eigenvalue weighted by atomic mass is 9.83. The Bertz CT molecular complexity index is 1160. The Labute approximate surface area is 214 Å². The van der Waals surface area contributed by atoms with Crippen LogP contribution < -0.4 is 10.6 Å². The van der Waals surface area contributed by atoms with E-state index in [9.17, 15) is 22.8 Å². The minimum Gasteiger partial charge on any atom is -0.326 e. The topological polar surface area (TPSA) is 58.2 Å². The lowest BCUT2D eigenvalue weighted by Gasteiger charge is -2.25. The van der Waals surface area contributed by atoms with Crippen molar-refractivity contribution in [2.24, 2.45) is 0 Å². The molecule has 36 heavy (non-hydrogen) atoms. The number of nitrogens with one attached hydrogen (secondary N) is 2. The molecule has 0 aromatic heterocycles. The third-order valence-corrected chi connectivity index (χ3v) is 6.20. The average molecular weight is 517 g/mol. The molecule has 0 fully saturated rings. The number of hydrogen-bond acceptors (Lipinski definition) is 3. The van der Waals surface area contributed by atoms with Crippen molar-refractivity contribution in [2.75, 3.05) is 16.4 Å². The fraction of sp³-hybridized carbons (Fsp3) is 0.286. The van der Waals surface area contributed by atoms with E-state index in [-0.39, 0.29) is 12.3 Å². The predicted octanol–water partition coefficient (Wildman–Crippen LogP) is 7.34. The van der Waals surface area contributed by atoms with Crippen molar-refractivity contribution in [2.45, 2.75) is 51.3 Å². The number of hydrogen-bond donors (Lipinski definition) is 2. The lowest BCUT2D eigenvalue weighted by Crippen LogP contribution is -2.35. The van der Waals surface area contributed by atoms with E-state index in [4.69, 9.17) is 0 Å². The monoisotopic (exact) mass is 516 g/mol. The second kappa shape index (κ2) is 13.2. The SMILES string of the molecule is CC.CCSc1ccc(CC(=O)Nc2ccc(C(C)(C)C(=O)Nc3c(F)cc(F)cc3F)cc2)cc1. The van der Waals surface area contributed by atoms with Crippen molar-refractivity contribution >= 4 is 35.0 Å². The normalized spacial score (nSPS) is 10.8.